The second-order valence-electron chi connectivity index (χ2n) is 3.66. The monoisotopic (exact) mass is 321 g/mol. The van der Waals surface area contributed by atoms with Gasteiger partial charge < -0.3 is 10.1 Å². The minimum absolute atomic E-state index is 0.362. The van der Waals surface area contributed by atoms with Gasteiger partial charge in [0.25, 0.3) is 0 Å². The van der Waals surface area contributed by atoms with Gasteiger partial charge in [-0.3, -0.25) is 5.32 Å². The molecular formula is C13H12BrN3O2. The molecule has 1 aromatic heterocycles. The van der Waals surface area contributed by atoms with E-state index in [0.717, 1.165) is 0 Å². The van der Waals surface area contributed by atoms with Crippen LogP contribution < -0.4 is 15.4 Å². The first-order valence-corrected chi connectivity index (χ1v) is 6.31. The minimum Gasteiger partial charge on any atom is -0.497 e. The maximum atomic E-state index is 11.8. The molecule has 0 radical (unpaired) electrons. The Hall–Kier alpha value is -2.08. The molecule has 0 aliphatic carbocycles. The number of methoxy groups -OCH3 is 1. The van der Waals surface area contributed by atoms with Crippen LogP contribution in [0.25, 0.3) is 0 Å². The maximum absolute atomic E-state index is 11.8. The topological polar surface area (TPSA) is 63.2 Å². The number of halogens is 1. The van der Waals surface area contributed by atoms with Gasteiger partial charge in [-0.1, -0.05) is 12.1 Å². The molecule has 0 spiro atoms. The molecule has 1 aromatic carbocycles. The van der Waals surface area contributed by atoms with Crippen LogP contribution in [0.4, 0.5) is 16.3 Å². The number of anilines is 2. The van der Waals surface area contributed by atoms with Crippen molar-refractivity contribution in [3.05, 3.63) is 47.1 Å². The molecule has 2 amide bonds. The van der Waals surface area contributed by atoms with Gasteiger partial charge in [-0.25, -0.2) is 9.78 Å². The summed E-state index contributed by atoms with van der Waals surface area (Å²) in [4.78, 5) is 15.9. The van der Waals surface area contributed by atoms with E-state index in [4.69, 9.17) is 4.74 Å². The first kappa shape index (κ1) is 13.4. The number of benzene rings is 1. The van der Waals surface area contributed by atoms with E-state index in [9.17, 15) is 4.79 Å². The zero-order valence-electron chi connectivity index (χ0n) is 10.2. The van der Waals surface area contributed by atoms with Gasteiger partial charge in [-0.15, -0.1) is 0 Å². The number of nitrogens with zero attached hydrogens (tertiary/aromatic N) is 1. The van der Waals surface area contributed by atoms with Crippen LogP contribution in [0.15, 0.2) is 47.1 Å². The molecule has 1 heterocycles. The van der Waals surface area contributed by atoms with E-state index in [1.807, 2.05) is 0 Å². The molecule has 2 aromatic rings. The Labute approximate surface area is 119 Å². The Kier molecular flexibility index (Phi) is 4.35. The van der Waals surface area contributed by atoms with E-state index in [1.54, 1.807) is 49.6 Å². The number of ether oxygens (including phenoxy) is 1. The molecule has 0 atom stereocenters. The first-order valence-electron chi connectivity index (χ1n) is 5.52. The first-order chi connectivity index (χ1) is 9.17. The molecule has 0 bridgehead atoms. The number of carbonyl (C=O) groups excluding carboxylic acids is 1. The van der Waals surface area contributed by atoms with E-state index < -0.39 is 0 Å². The van der Waals surface area contributed by atoms with Crippen molar-refractivity contribution in [1.29, 1.82) is 0 Å². The van der Waals surface area contributed by atoms with E-state index in [0.29, 0.717) is 21.9 Å². The quantitative estimate of drug-likeness (QED) is 0.850. The van der Waals surface area contributed by atoms with Crippen LogP contribution in [-0.2, 0) is 0 Å². The maximum Gasteiger partial charge on any atom is 0.324 e. The third-order valence-electron chi connectivity index (χ3n) is 2.28. The highest BCUT2D eigenvalue weighted by Gasteiger charge is 2.04. The number of nitrogens with one attached hydrogen (secondary N) is 2. The highest BCUT2D eigenvalue weighted by molar-refractivity contribution is 9.10. The van der Waals surface area contributed by atoms with Crippen LogP contribution in [-0.4, -0.2) is 18.1 Å². The zero-order chi connectivity index (χ0) is 13.7. The predicted molar refractivity (Wildman–Crippen MR) is 77.6 cm³/mol. The smallest absolute Gasteiger partial charge is 0.324 e. The van der Waals surface area contributed by atoms with Crippen molar-refractivity contribution in [2.24, 2.45) is 0 Å². The Bertz CT molecular complexity index is 590. The van der Waals surface area contributed by atoms with Crippen LogP contribution in [0.5, 0.6) is 5.75 Å². The van der Waals surface area contributed by atoms with Gasteiger partial charge in [-0.05, 0) is 40.2 Å². The Morgan fingerprint density at radius 3 is 2.74 bits per heavy atom. The van der Waals surface area contributed by atoms with Gasteiger partial charge in [-0.2, -0.15) is 0 Å². The summed E-state index contributed by atoms with van der Waals surface area (Å²) in [5.74, 6) is 1.15. The minimum atomic E-state index is -0.362. The average Bonchev–Trinajstić information content (AvgIpc) is 2.38. The fourth-order valence-electron chi connectivity index (χ4n) is 1.46. The Morgan fingerprint density at radius 2 is 2.00 bits per heavy atom. The number of aromatic nitrogens is 1. The van der Waals surface area contributed by atoms with Crippen molar-refractivity contribution in [2.45, 2.75) is 0 Å². The lowest BCUT2D eigenvalue weighted by molar-refractivity contribution is 0.262. The number of hydrogen-bond acceptors (Lipinski definition) is 3. The van der Waals surface area contributed by atoms with Crippen molar-refractivity contribution < 1.29 is 9.53 Å². The van der Waals surface area contributed by atoms with Gasteiger partial charge in [0.1, 0.15) is 16.2 Å². The average molecular weight is 322 g/mol. The van der Waals surface area contributed by atoms with Crippen LogP contribution in [0.2, 0.25) is 0 Å². The van der Waals surface area contributed by atoms with Crippen molar-refractivity contribution in [3.8, 4) is 5.75 Å². The van der Waals surface area contributed by atoms with Crippen molar-refractivity contribution >= 4 is 33.5 Å². The molecule has 0 saturated heterocycles. The van der Waals surface area contributed by atoms with E-state index in [-0.39, 0.29) is 6.03 Å². The summed E-state index contributed by atoms with van der Waals surface area (Å²) in [5.41, 5.74) is 0.645. The molecule has 0 unspecified atom stereocenters. The molecule has 0 aliphatic heterocycles. The highest BCUT2D eigenvalue weighted by Crippen LogP contribution is 2.17. The Balaban J connectivity index is 2.01. The summed E-state index contributed by atoms with van der Waals surface area (Å²) in [6, 6.07) is 12.0. The van der Waals surface area contributed by atoms with Crippen LogP contribution in [0.1, 0.15) is 0 Å². The molecule has 0 fully saturated rings. The van der Waals surface area contributed by atoms with Gasteiger partial charge in [0.2, 0.25) is 0 Å². The number of urea groups is 1. The lowest BCUT2D eigenvalue weighted by atomic mass is 10.3. The largest absolute Gasteiger partial charge is 0.497 e. The van der Waals surface area contributed by atoms with Gasteiger partial charge in [0, 0.05) is 11.8 Å². The third-order valence-corrected chi connectivity index (χ3v) is 2.73. The summed E-state index contributed by atoms with van der Waals surface area (Å²) >= 11 is 3.24. The number of rotatable bonds is 3. The fourth-order valence-corrected chi connectivity index (χ4v) is 1.80. The molecule has 0 aliphatic rings. The number of hydrogen-bond donors (Lipinski definition) is 2. The molecule has 2 rings (SSSR count). The summed E-state index contributed by atoms with van der Waals surface area (Å²) in [6.07, 6.45) is 0. The molecule has 98 valence electrons. The van der Waals surface area contributed by atoms with Gasteiger partial charge in [0.05, 0.1) is 7.11 Å². The number of pyridine rings is 1. The molecule has 19 heavy (non-hydrogen) atoms. The Morgan fingerprint density at radius 1 is 1.21 bits per heavy atom. The van der Waals surface area contributed by atoms with Gasteiger partial charge in [0.15, 0.2) is 0 Å². The second kappa shape index (κ2) is 6.19. The summed E-state index contributed by atoms with van der Waals surface area (Å²) < 4.78 is 5.74. The van der Waals surface area contributed by atoms with E-state index >= 15 is 0 Å². The number of amides is 2. The molecular weight excluding hydrogens is 310 g/mol. The number of carbonyl (C=O) groups is 1. The molecule has 2 N–H and O–H groups in total. The van der Waals surface area contributed by atoms with Crippen LogP contribution in [0.3, 0.4) is 0 Å². The fraction of sp³-hybridized carbons (Fsp3) is 0.0769. The molecule has 6 heteroatoms. The van der Waals surface area contributed by atoms with Crippen LogP contribution in [0, 0.1) is 0 Å². The van der Waals surface area contributed by atoms with E-state index in [1.165, 1.54) is 0 Å². The SMILES string of the molecule is COc1cccc(NC(=O)Nc2cccc(Br)n2)c1. The molecule has 5 nitrogen and oxygen atoms in total. The standard InChI is InChI=1S/C13H12BrN3O2/c1-19-10-5-2-4-9(8-10)15-13(18)17-12-7-3-6-11(14)16-12/h2-8H,1H3,(H2,15,16,17,18). The molecule has 0 saturated carbocycles. The predicted octanol–water partition coefficient (Wildman–Crippen LogP) is 3.50. The van der Waals surface area contributed by atoms with Crippen molar-refractivity contribution in [1.82, 2.24) is 4.98 Å². The lowest BCUT2D eigenvalue weighted by Crippen LogP contribution is -2.20. The highest BCUT2D eigenvalue weighted by atomic mass is 79.9. The summed E-state index contributed by atoms with van der Waals surface area (Å²) in [5, 5.41) is 5.34. The van der Waals surface area contributed by atoms with Crippen molar-refractivity contribution in [3.63, 3.8) is 0 Å². The second-order valence-corrected chi connectivity index (χ2v) is 4.47. The summed E-state index contributed by atoms with van der Waals surface area (Å²) in [7, 11) is 1.57. The van der Waals surface area contributed by atoms with Gasteiger partial charge >= 0.3 is 6.03 Å². The summed E-state index contributed by atoms with van der Waals surface area (Å²) in [6.45, 7) is 0. The zero-order valence-corrected chi connectivity index (χ0v) is 11.8. The normalized spacial score (nSPS) is 9.79. The lowest BCUT2D eigenvalue weighted by Gasteiger charge is -2.08. The van der Waals surface area contributed by atoms with E-state index in [2.05, 4.69) is 31.5 Å². The van der Waals surface area contributed by atoms with Crippen LogP contribution >= 0.6 is 15.9 Å². The third kappa shape index (κ3) is 3.96. The van der Waals surface area contributed by atoms with Crippen molar-refractivity contribution in [2.75, 3.05) is 17.7 Å².